The second kappa shape index (κ2) is 9.74. The molecular formula is C28H26FNO3. The molecule has 0 saturated heterocycles. The van der Waals surface area contributed by atoms with Crippen molar-refractivity contribution in [3.05, 3.63) is 100 Å². The molecule has 1 aliphatic rings. The average molecular weight is 444 g/mol. The first-order valence-corrected chi connectivity index (χ1v) is 10.7. The molecule has 33 heavy (non-hydrogen) atoms. The quantitative estimate of drug-likeness (QED) is 0.496. The Morgan fingerprint density at radius 1 is 0.939 bits per heavy atom. The molecule has 1 N–H and O–H groups in total. The first-order chi connectivity index (χ1) is 16.0. The molecule has 0 bridgehead atoms. The predicted molar refractivity (Wildman–Crippen MR) is 129 cm³/mol. The van der Waals surface area contributed by atoms with E-state index in [2.05, 4.69) is 5.32 Å². The molecule has 4 rings (SSSR count). The molecule has 0 aromatic heterocycles. The lowest BCUT2D eigenvalue weighted by atomic mass is 10.0. The highest BCUT2D eigenvalue weighted by atomic mass is 19.1. The fourth-order valence-electron chi connectivity index (χ4n) is 4.08. The normalized spacial score (nSPS) is 13.8. The fraction of sp³-hybridized carbons (Fsp3) is 0.179. The van der Waals surface area contributed by atoms with Crippen LogP contribution in [0.3, 0.4) is 0 Å². The highest BCUT2D eigenvalue weighted by Gasteiger charge is 2.26. The van der Waals surface area contributed by atoms with Crippen LogP contribution in [0.4, 0.5) is 4.39 Å². The zero-order chi connectivity index (χ0) is 23.4. The van der Waals surface area contributed by atoms with Crippen LogP contribution in [0.15, 0.2) is 72.3 Å². The zero-order valence-corrected chi connectivity index (χ0v) is 18.9. The lowest BCUT2D eigenvalue weighted by Gasteiger charge is -2.08. The maximum Gasteiger partial charge on any atom is 0.224 e. The number of amides is 1. The first-order valence-electron chi connectivity index (χ1n) is 10.7. The highest BCUT2D eigenvalue weighted by Crippen LogP contribution is 2.44. The van der Waals surface area contributed by atoms with E-state index in [1.807, 2.05) is 61.5 Å². The van der Waals surface area contributed by atoms with Gasteiger partial charge in [0.25, 0.3) is 0 Å². The van der Waals surface area contributed by atoms with Crippen molar-refractivity contribution in [3.63, 3.8) is 0 Å². The minimum Gasteiger partial charge on any atom is -0.497 e. The number of carbonyl (C=O) groups excluding carboxylic acids is 1. The zero-order valence-electron chi connectivity index (χ0n) is 18.9. The maximum absolute atomic E-state index is 14.1. The van der Waals surface area contributed by atoms with Crippen LogP contribution >= 0.6 is 0 Å². The van der Waals surface area contributed by atoms with Gasteiger partial charge in [-0.25, -0.2) is 4.39 Å². The van der Waals surface area contributed by atoms with Crippen molar-refractivity contribution < 1.29 is 18.7 Å². The van der Waals surface area contributed by atoms with Crippen LogP contribution in [0.1, 0.15) is 35.6 Å². The standard InChI is InChI=1S/C28H26FNO3/c1-18-25(13-20-11-22(32-2)15-23(12-20)33-3)24-10-9-21(29)14-27(24)26(18)16-28(31)30-17-19-7-5-4-6-8-19/h4-15H,16-17H2,1-3H3,(H,30,31)/b25-13-. The van der Waals surface area contributed by atoms with Gasteiger partial charge in [-0.05, 0) is 76.2 Å². The molecule has 1 aliphatic carbocycles. The van der Waals surface area contributed by atoms with E-state index in [1.165, 1.54) is 12.1 Å². The van der Waals surface area contributed by atoms with Gasteiger partial charge in [-0.2, -0.15) is 0 Å². The summed E-state index contributed by atoms with van der Waals surface area (Å²) in [5, 5.41) is 2.97. The Hall–Kier alpha value is -3.86. The molecular weight excluding hydrogens is 417 g/mol. The van der Waals surface area contributed by atoms with Crippen molar-refractivity contribution in [1.29, 1.82) is 0 Å². The number of carbonyl (C=O) groups is 1. The molecule has 3 aromatic carbocycles. The molecule has 4 nitrogen and oxygen atoms in total. The number of halogens is 1. The summed E-state index contributed by atoms with van der Waals surface area (Å²) < 4.78 is 24.9. The minimum atomic E-state index is -0.326. The minimum absolute atomic E-state index is 0.104. The topological polar surface area (TPSA) is 47.6 Å². The smallest absolute Gasteiger partial charge is 0.224 e. The Labute approximate surface area is 193 Å². The largest absolute Gasteiger partial charge is 0.497 e. The number of hydrogen-bond donors (Lipinski definition) is 1. The van der Waals surface area contributed by atoms with Crippen LogP contribution in [0.2, 0.25) is 0 Å². The number of rotatable bonds is 7. The number of nitrogens with one attached hydrogen (secondary N) is 1. The lowest BCUT2D eigenvalue weighted by Crippen LogP contribution is -2.22. The van der Waals surface area contributed by atoms with E-state index in [1.54, 1.807) is 20.3 Å². The molecule has 168 valence electrons. The summed E-state index contributed by atoms with van der Waals surface area (Å²) in [7, 11) is 3.22. The van der Waals surface area contributed by atoms with Crippen molar-refractivity contribution in [2.45, 2.75) is 19.9 Å². The molecule has 0 atom stereocenters. The lowest BCUT2D eigenvalue weighted by molar-refractivity contribution is -0.120. The van der Waals surface area contributed by atoms with Gasteiger partial charge in [0.1, 0.15) is 17.3 Å². The SMILES string of the molecule is COc1cc(/C=C2/C(C)=C(CC(=O)NCc3ccccc3)c3cc(F)ccc32)cc(OC)c1. The van der Waals surface area contributed by atoms with E-state index < -0.39 is 0 Å². The van der Waals surface area contributed by atoms with Gasteiger partial charge in [-0.1, -0.05) is 36.4 Å². The molecule has 3 aromatic rings. The monoisotopic (exact) mass is 443 g/mol. The Kier molecular flexibility index (Phi) is 6.59. The van der Waals surface area contributed by atoms with Crippen molar-refractivity contribution >= 4 is 23.1 Å². The molecule has 0 heterocycles. The fourth-order valence-corrected chi connectivity index (χ4v) is 4.08. The van der Waals surface area contributed by atoms with Crippen molar-refractivity contribution in [2.24, 2.45) is 0 Å². The van der Waals surface area contributed by atoms with Gasteiger partial charge in [0, 0.05) is 12.6 Å². The summed E-state index contributed by atoms with van der Waals surface area (Å²) in [5.41, 5.74) is 6.31. The summed E-state index contributed by atoms with van der Waals surface area (Å²) >= 11 is 0. The number of allylic oxidation sites excluding steroid dienone is 2. The Bertz CT molecular complexity index is 1220. The van der Waals surface area contributed by atoms with E-state index in [4.69, 9.17) is 9.47 Å². The third-order valence-electron chi connectivity index (χ3n) is 5.81. The Morgan fingerprint density at radius 2 is 1.64 bits per heavy atom. The van der Waals surface area contributed by atoms with Crippen LogP contribution in [0.25, 0.3) is 17.2 Å². The molecule has 0 aliphatic heterocycles. The van der Waals surface area contributed by atoms with Gasteiger partial charge < -0.3 is 14.8 Å². The van der Waals surface area contributed by atoms with E-state index in [-0.39, 0.29) is 18.1 Å². The van der Waals surface area contributed by atoms with Gasteiger partial charge in [-0.3, -0.25) is 4.79 Å². The molecule has 0 fully saturated rings. The molecule has 0 radical (unpaired) electrons. The molecule has 0 spiro atoms. The second-order valence-electron chi connectivity index (χ2n) is 7.94. The predicted octanol–water partition coefficient (Wildman–Crippen LogP) is 5.88. The van der Waals surface area contributed by atoms with Crippen molar-refractivity contribution in [2.75, 3.05) is 14.2 Å². The van der Waals surface area contributed by atoms with E-state index >= 15 is 0 Å². The van der Waals surface area contributed by atoms with E-state index in [0.29, 0.717) is 18.0 Å². The Balaban J connectivity index is 1.66. The number of methoxy groups -OCH3 is 2. The van der Waals surface area contributed by atoms with E-state index in [9.17, 15) is 9.18 Å². The average Bonchev–Trinajstić information content (AvgIpc) is 3.08. The third kappa shape index (κ3) is 4.98. The molecule has 5 heteroatoms. The highest BCUT2D eigenvalue weighted by molar-refractivity contribution is 6.08. The van der Waals surface area contributed by atoms with Crippen LogP contribution in [0, 0.1) is 5.82 Å². The number of ether oxygens (including phenoxy) is 2. The van der Waals surface area contributed by atoms with Gasteiger partial charge in [0.2, 0.25) is 5.91 Å². The summed E-state index contributed by atoms with van der Waals surface area (Å²) in [6.45, 7) is 2.43. The van der Waals surface area contributed by atoms with Crippen molar-refractivity contribution in [1.82, 2.24) is 5.32 Å². The first kappa shape index (κ1) is 22.3. The molecule has 1 amide bonds. The van der Waals surface area contributed by atoms with Crippen LogP contribution in [-0.2, 0) is 11.3 Å². The molecule has 0 saturated carbocycles. The van der Waals surface area contributed by atoms with Gasteiger partial charge >= 0.3 is 0 Å². The van der Waals surface area contributed by atoms with Gasteiger partial charge in [0.15, 0.2) is 0 Å². The van der Waals surface area contributed by atoms with Crippen molar-refractivity contribution in [3.8, 4) is 11.5 Å². The summed E-state index contributed by atoms with van der Waals surface area (Å²) in [5.74, 6) is 0.933. The summed E-state index contributed by atoms with van der Waals surface area (Å²) in [4.78, 5) is 12.8. The van der Waals surface area contributed by atoms with Crippen LogP contribution < -0.4 is 14.8 Å². The number of hydrogen-bond acceptors (Lipinski definition) is 3. The molecule has 0 unspecified atom stereocenters. The van der Waals surface area contributed by atoms with Crippen LogP contribution in [-0.4, -0.2) is 20.1 Å². The number of benzene rings is 3. The summed E-state index contributed by atoms with van der Waals surface area (Å²) in [6, 6.07) is 20.1. The second-order valence-corrected chi connectivity index (χ2v) is 7.94. The van der Waals surface area contributed by atoms with Gasteiger partial charge in [-0.15, -0.1) is 0 Å². The maximum atomic E-state index is 14.1. The third-order valence-corrected chi connectivity index (χ3v) is 5.81. The van der Waals surface area contributed by atoms with E-state index in [0.717, 1.165) is 39.0 Å². The number of fused-ring (bicyclic) bond motifs is 1. The van der Waals surface area contributed by atoms with Crippen LogP contribution in [0.5, 0.6) is 11.5 Å². The Morgan fingerprint density at radius 3 is 2.30 bits per heavy atom. The summed E-state index contributed by atoms with van der Waals surface area (Å²) in [6.07, 6.45) is 2.19. The van der Waals surface area contributed by atoms with Gasteiger partial charge in [0.05, 0.1) is 20.6 Å².